The minimum Gasteiger partial charge on any atom is -0.494 e. The first-order valence-corrected chi connectivity index (χ1v) is 10.7. The standard InChI is InChI=1S/C25H24N4O5/c1-5-33-25(31)19-14-21(29(27-19)20-11-6-7-12-22(20)32-4)17-9-8-10-18(13-17)26-24(30)23-15(2)28-34-16(23)3/h6-14H,5H2,1-4H3,(H,26,30). The molecule has 0 spiro atoms. The van der Waals surface area contributed by atoms with Crippen LogP contribution in [0.1, 0.15) is 39.2 Å². The van der Waals surface area contributed by atoms with Crippen molar-refractivity contribution in [2.45, 2.75) is 20.8 Å². The summed E-state index contributed by atoms with van der Waals surface area (Å²) in [6.07, 6.45) is 0. The predicted octanol–water partition coefficient (Wildman–Crippen LogP) is 4.58. The molecule has 0 saturated heterocycles. The maximum atomic E-state index is 12.8. The highest BCUT2D eigenvalue weighted by Crippen LogP contribution is 2.31. The quantitative estimate of drug-likeness (QED) is 0.402. The highest BCUT2D eigenvalue weighted by molar-refractivity contribution is 6.05. The van der Waals surface area contributed by atoms with Crippen LogP contribution in [0.15, 0.2) is 59.1 Å². The summed E-state index contributed by atoms with van der Waals surface area (Å²) in [4.78, 5) is 25.2. The first-order valence-electron chi connectivity index (χ1n) is 10.7. The lowest BCUT2D eigenvalue weighted by atomic mass is 10.1. The van der Waals surface area contributed by atoms with E-state index in [1.54, 1.807) is 50.8 Å². The maximum absolute atomic E-state index is 12.8. The number of anilines is 1. The number of nitrogens with zero attached hydrogens (tertiary/aromatic N) is 3. The minimum atomic E-state index is -0.528. The molecule has 4 rings (SSSR count). The van der Waals surface area contributed by atoms with Crippen LogP contribution in [-0.2, 0) is 4.74 Å². The summed E-state index contributed by atoms with van der Waals surface area (Å²) >= 11 is 0. The molecule has 174 valence electrons. The fourth-order valence-corrected chi connectivity index (χ4v) is 3.64. The number of carbonyl (C=O) groups excluding carboxylic acids is 2. The molecular formula is C25H24N4O5. The molecule has 2 aromatic heterocycles. The van der Waals surface area contributed by atoms with Crippen molar-refractivity contribution in [1.29, 1.82) is 0 Å². The Morgan fingerprint density at radius 3 is 2.59 bits per heavy atom. The molecule has 9 heteroatoms. The van der Waals surface area contributed by atoms with E-state index in [4.69, 9.17) is 14.0 Å². The van der Waals surface area contributed by atoms with E-state index in [1.165, 1.54) is 0 Å². The summed E-state index contributed by atoms with van der Waals surface area (Å²) in [5.74, 6) is 0.184. The van der Waals surface area contributed by atoms with Gasteiger partial charge >= 0.3 is 5.97 Å². The monoisotopic (exact) mass is 460 g/mol. The Morgan fingerprint density at radius 2 is 1.88 bits per heavy atom. The highest BCUT2D eigenvalue weighted by atomic mass is 16.5. The number of para-hydroxylation sites is 2. The molecule has 1 N–H and O–H groups in total. The van der Waals surface area contributed by atoms with Gasteiger partial charge in [-0.2, -0.15) is 5.10 Å². The molecule has 2 aromatic carbocycles. The lowest BCUT2D eigenvalue weighted by molar-refractivity contribution is 0.0518. The van der Waals surface area contributed by atoms with Gasteiger partial charge in [0.15, 0.2) is 5.69 Å². The van der Waals surface area contributed by atoms with Gasteiger partial charge in [-0.25, -0.2) is 9.48 Å². The first kappa shape index (κ1) is 22.8. The number of ether oxygens (including phenoxy) is 2. The van der Waals surface area contributed by atoms with Crippen LogP contribution in [0.5, 0.6) is 5.75 Å². The average molecular weight is 460 g/mol. The maximum Gasteiger partial charge on any atom is 0.358 e. The number of nitrogens with one attached hydrogen (secondary N) is 1. The number of aryl methyl sites for hydroxylation is 2. The largest absolute Gasteiger partial charge is 0.494 e. The van der Waals surface area contributed by atoms with Crippen LogP contribution in [0, 0.1) is 13.8 Å². The van der Waals surface area contributed by atoms with Crippen LogP contribution < -0.4 is 10.1 Å². The van der Waals surface area contributed by atoms with Crippen molar-refractivity contribution in [2.75, 3.05) is 19.0 Å². The van der Waals surface area contributed by atoms with Crippen LogP contribution in [-0.4, -0.2) is 40.5 Å². The van der Waals surface area contributed by atoms with E-state index in [2.05, 4.69) is 15.6 Å². The molecule has 2 heterocycles. The number of hydrogen-bond acceptors (Lipinski definition) is 7. The van der Waals surface area contributed by atoms with Crippen molar-refractivity contribution in [2.24, 2.45) is 0 Å². The summed E-state index contributed by atoms with van der Waals surface area (Å²) in [6.45, 7) is 5.37. The summed E-state index contributed by atoms with van der Waals surface area (Å²) in [7, 11) is 1.57. The summed E-state index contributed by atoms with van der Waals surface area (Å²) in [5, 5.41) is 11.2. The Bertz CT molecular complexity index is 1340. The lowest BCUT2D eigenvalue weighted by Crippen LogP contribution is -2.13. The SMILES string of the molecule is CCOC(=O)c1cc(-c2cccc(NC(=O)c3c(C)noc3C)c2)n(-c2ccccc2OC)n1. The number of methoxy groups -OCH3 is 1. The van der Waals surface area contributed by atoms with Gasteiger partial charge in [0.25, 0.3) is 5.91 Å². The zero-order chi connectivity index (χ0) is 24.2. The second-order valence-electron chi connectivity index (χ2n) is 7.45. The predicted molar refractivity (Wildman–Crippen MR) is 125 cm³/mol. The molecular weight excluding hydrogens is 436 g/mol. The van der Waals surface area contributed by atoms with Gasteiger partial charge in [0, 0.05) is 11.3 Å². The second-order valence-corrected chi connectivity index (χ2v) is 7.45. The third-order valence-corrected chi connectivity index (χ3v) is 5.18. The van der Waals surface area contributed by atoms with Crippen molar-refractivity contribution in [1.82, 2.24) is 14.9 Å². The Balaban J connectivity index is 1.76. The number of carbonyl (C=O) groups is 2. The lowest BCUT2D eigenvalue weighted by Gasteiger charge is -2.12. The molecule has 0 unspecified atom stereocenters. The van der Waals surface area contributed by atoms with Gasteiger partial charge in [-0.15, -0.1) is 0 Å². The Morgan fingerprint density at radius 1 is 1.09 bits per heavy atom. The number of esters is 1. The van der Waals surface area contributed by atoms with Crippen LogP contribution in [0.25, 0.3) is 16.9 Å². The molecule has 0 saturated carbocycles. The molecule has 1 amide bonds. The number of benzene rings is 2. The van der Waals surface area contributed by atoms with Crippen LogP contribution >= 0.6 is 0 Å². The van der Waals surface area contributed by atoms with Gasteiger partial charge in [-0.05, 0) is 51.1 Å². The normalized spacial score (nSPS) is 10.7. The van der Waals surface area contributed by atoms with Gasteiger partial charge in [0.1, 0.15) is 22.8 Å². The molecule has 0 radical (unpaired) electrons. The number of rotatable bonds is 7. The van der Waals surface area contributed by atoms with Crippen LogP contribution in [0.3, 0.4) is 0 Å². The molecule has 0 bridgehead atoms. The average Bonchev–Trinajstić information content (AvgIpc) is 3.43. The fourth-order valence-electron chi connectivity index (χ4n) is 3.64. The van der Waals surface area contributed by atoms with Gasteiger partial charge < -0.3 is 19.3 Å². The zero-order valence-electron chi connectivity index (χ0n) is 19.3. The van der Waals surface area contributed by atoms with Crippen molar-refractivity contribution in [3.63, 3.8) is 0 Å². The third kappa shape index (κ3) is 4.40. The molecule has 0 aliphatic heterocycles. The van der Waals surface area contributed by atoms with Gasteiger partial charge in [0.05, 0.1) is 25.1 Å². The molecule has 0 aliphatic carbocycles. The van der Waals surface area contributed by atoms with Crippen molar-refractivity contribution in [3.8, 4) is 22.7 Å². The van der Waals surface area contributed by atoms with Crippen molar-refractivity contribution in [3.05, 3.63) is 77.3 Å². The van der Waals surface area contributed by atoms with E-state index in [1.807, 2.05) is 36.4 Å². The topological polar surface area (TPSA) is 108 Å². The smallest absolute Gasteiger partial charge is 0.358 e. The van der Waals surface area contributed by atoms with Crippen LogP contribution in [0.2, 0.25) is 0 Å². The summed E-state index contributed by atoms with van der Waals surface area (Å²) < 4.78 is 17.4. The highest BCUT2D eigenvalue weighted by Gasteiger charge is 2.21. The van der Waals surface area contributed by atoms with E-state index in [0.717, 1.165) is 5.56 Å². The molecule has 0 aliphatic rings. The second kappa shape index (κ2) is 9.62. The Kier molecular flexibility index (Phi) is 6.44. The van der Waals surface area contributed by atoms with Gasteiger partial charge in [-0.1, -0.05) is 29.4 Å². The molecule has 9 nitrogen and oxygen atoms in total. The zero-order valence-corrected chi connectivity index (χ0v) is 19.3. The molecule has 0 atom stereocenters. The van der Waals surface area contributed by atoms with E-state index < -0.39 is 5.97 Å². The number of aromatic nitrogens is 3. The van der Waals surface area contributed by atoms with Crippen molar-refractivity contribution >= 4 is 17.6 Å². The van der Waals surface area contributed by atoms with E-state index in [9.17, 15) is 9.59 Å². The number of hydrogen-bond donors (Lipinski definition) is 1. The molecule has 34 heavy (non-hydrogen) atoms. The van der Waals surface area contributed by atoms with E-state index >= 15 is 0 Å². The Hall–Kier alpha value is -4.40. The van der Waals surface area contributed by atoms with E-state index in [0.29, 0.717) is 39.8 Å². The molecule has 4 aromatic rings. The van der Waals surface area contributed by atoms with Crippen LogP contribution in [0.4, 0.5) is 5.69 Å². The fraction of sp³-hybridized carbons (Fsp3) is 0.200. The third-order valence-electron chi connectivity index (χ3n) is 5.18. The van der Waals surface area contributed by atoms with E-state index in [-0.39, 0.29) is 18.2 Å². The van der Waals surface area contributed by atoms with Gasteiger partial charge in [-0.3, -0.25) is 4.79 Å². The Labute approximate surface area is 196 Å². The summed E-state index contributed by atoms with van der Waals surface area (Å²) in [6, 6.07) is 16.3. The first-order chi connectivity index (χ1) is 16.4. The minimum absolute atomic E-state index is 0.160. The van der Waals surface area contributed by atoms with Crippen molar-refractivity contribution < 1.29 is 23.6 Å². The number of amides is 1. The summed E-state index contributed by atoms with van der Waals surface area (Å²) in [5.41, 5.74) is 3.64. The van der Waals surface area contributed by atoms with Gasteiger partial charge in [0.2, 0.25) is 0 Å². The molecule has 0 fully saturated rings.